The first-order valence-corrected chi connectivity index (χ1v) is 5.99. The fourth-order valence-corrected chi connectivity index (χ4v) is 2.36. The summed E-state index contributed by atoms with van der Waals surface area (Å²) in [6.45, 7) is 0.833. The van der Waals surface area contributed by atoms with Crippen molar-refractivity contribution < 1.29 is 4.74 Å². The fourth-order valence-electron chi connectivity index (χ4n) is 2.36. The molecule has 0 saturated heterocycles. The maximum Gasteiger partial charge on any atom is 0.122 e. The number of hydrogen-bond donors (Lipinski definition) is 2. The van der Waals surface area contributed by atoms with Crippen molar-refractivity contribution >= 4 is 0 Å². The Hall–Kier alpha value is -1.06. The van der Waals surface area contributed by atoms with Crippen LogP contribution in [0.4, 0.5) is 0 Å². The Morgan fingerprint density at radius 2 is 2.12 bits per heavy atom. The summed E-state index contributed by atoms with van der Waals surface area (Å²) in [6, 6.07) is 6.24. The second kappa shape index (κ2) is 3.47. The van der Waals surface area contributed by atoms with E-state index in [1.807, 2.05) is 6.07 Å². The molecule has 16 heavy (non-hydrogen) atoms. The van der Waals surface area contributed by atoms with Crippen molar-refractivity contribution in [1.29, 1.82) is 0 Å². The molecule has 2 aliphatic rings. The molecular formula is C13H18N2O. The normalized spacial score (nSPS) is 23.1. The Balaban J connectivity index is 1.90. The van der Waals surface area contributed by atoms with E-state index in [2.05, 4.69) is 12.1 Å². The van der Waals surface area contributed by atoms with Gasteiger partial charge < -0.3 is 16.2 Å². The maximum atomic E-state index is 6.20. The van der Waals surface area contributed by atoms with Crippen LogP contribution in [-0.2, 0) is 6.42 Å². The van der Waals surface area contributed by atoms with Crippen LogP contribution in [0.3, 0.4) is 0 Å². The zero-order valence-corrected chi connectivity index (χ0v) is 9.41. The smallest absolute Gasteiger partial charge is 0.122 e. The van der Waals surface area contributed by atoms with E-state index in [0.29, 0.717) is 0 Å². The van der Waals surface area contributed by atoms with Crippen molar-refractivity contribution in [2.45, 2.75) is 37.3 Å². The minimum Gasteiger partial charge on any atom is -0.493 e. The summed E-state index contributed by atoms with van der Waals surface area (Å²) in [5.74, 6) is 1.02. The number of nitrogens with two attached hydrogens (primary N) is 2. The van der Waals surface area contributed by atoms with E-state index in [0.717, 1.165) is 43.6 Å². The Morgan fingerprint density at radius 3 is 2.88 bits per heavy atom. The molecule has 0 amide bonds. The molecule has 0 spiro atoms. The van der Waals surface area contributed by atoms with Crippen LogP contribution >= 0.6 is 0 Å². The van der Waals surface area contributed by atoms with Crippen LogP contribution in [0.1, 0.15) is 36.4 Å². The summed E-state index contributed by atoms with van der Waals surface area (Å²) in [7, 11) is 0. The molecule has 1 atom stereocenters. The Bertz CT molecular complexity index is 412. The minimum absolute atomic E-state index is 0.0280. The largest absolute Gasteiger partial charge is 0.493 e. The van der Waals surface area contributed by atoms with Crippen LogP contribution in [-0.4, -0.2) is 12.1 Å². The zero-order chi connectivity index (χ0) is 11.2. The second-order valence-corrected chi connectivity index (χ2v) is 5.03. The lowest BCUT2D eigenvalue weighted by molar-refractivity contribution is 0.288. The molecule has 1 heterocycles. The van der Waals surface area contributed by atoms with Crippen LogP contribution in [0.5, 0.6) is 5.75 Å². The van der Waals surface area contributed by atoms with Crippen LogP contribution in [0.25, 0.3) is 0 Å². The van der Waals surface area contributed by atoms with Gasteiger partial charge in [-0.25, -0.2) is 0 Å². The third-order valence-electron chi connectivity index (χ3n) is 3.74. The van der Waals surface area contributed by atoms with Gasteiger partial charge in [0.1, 0.15) is 5.75 Å². The van der Waals surface area contributed by atoms with E-state index in [1.54, 1.807) is 0 Å². The quantitative estimate of drug-likeness (QED) is 0.790. The van der Waals surface area contributed by atoms with Gasteiger partial charge in [0.2, 0.25) is 0 Å². The highest BCUT2D eigenvalue weighted by molar-refractivity contribution is 5.41. The molecule has 3 nitrogen and oxygen atoms in total. The highest BCUT2D eigenvalue weighted by Crippen LogP contribution is 2.42. The average Bonchev–Trinajstić information content (AvgIpc) is 3.07. The summed E-state index contributed by atoms with van der Waals surface area (Å²) >= 11 is 0. The summed E-state index contributed by atoms with van der Waals surface area (Å²) < 4.78 is 5.59. The SMILES string of the molecule is NC(c1ccc2c(c1)CCCO2)C1(N)CC1. The van der Waals surface area contributed by atoms with Crippen molar-refractivity contribution in [3.05, 3.63) is 29.3 Å². The van der Waals surface area contributed by atoms with Gasteiger partial charge in [0.15, 0.2) is 0 Å². The Kier molecular flexibility index (Phi) is 2.19. The molecule has 1 aliphatic carbocycles. The number of fused-ring (bicyclic) bond motifs is 1. The first-order valence-electron chi connectivity index (χ1n) is 5.99. The van der Waals surface area contributed by atoms with Gasteiger partial charge in [0.05, 0.1) is 6.61 Å². The first kappa shape index (κ1) is 10.1. The topological polar surface area (TPSA) is 61.3 Å². The number of aryl methyl sites for hydroxylation is 1. The molecule has 4 N–H and O–H groups in total. The molecule has 3 heteroatoms. The summed E-state index contributed by atoms with van der Waals surface area (Å²) in [6.07, 6.45) is 4.27. The van der Waals surface area contributed by atoms with Gasteiger partial charge in [0, 0.05) is 11.6 Å². The third kappa shape index (κ3) is 1.60. The van der Waals surface area contributed by atoms with Gasteiger partial charge in [-0.1, -0.05) is 12.1 Å². The number of hydrogen-bond acceptors (Lipinski definition) is 3. The molecule has 1 saturated carbocycles. The number of benzene rings is 1. The zero-order valence-electron chi connectivity index (χ0n) is 9.41. The van der Waals surface area contributed by atoms with Gasteiger partial charge >= 0.3 is 0 Å². The molecule has 1 fully saturated rings. The minimum atomic E-state index is -0.149. The van der Waals surface area contributed by atoms with Gasteiger partial charge in [-0.05, 0) is 42.9 Å². The number of rotatable bonds is 2. The van der Waals surface area contributed by atoms with E-state index < -0.39 is 0 Å². The average molecular weight is 218 g/mol. The predicted octanol–water partition coefficient (Wildman–Crippen LogP) is 1.50. The standard InChI is InChI=1S/C13H18N2O/c14-12(13(15)5-6-13)10-3-4-11-9(8-10)2-1-7-16-11/h3-4,8,12H,1-2,5-7,14-15H2. The van der Waals surface area contributed by atoms with Gasteiger partial charge in [-0.2, -0.15) is 0 Å². The molecule has 0 bridgehead atoms. The van der Waals surface area contributed by atoms with Crippen molar-refractivity contribution in [2.75, 3.05) is 6.61 Å². The van der Waals surface area contributed by atoms with E-state index in [1.165, 1.54) is 5.56 Å². The van der Waals surface area contributed by atoms with Crippen LogP contribution < -0.4 is 16.2 Å². The highest BCUT2D eigenvalue weighted by Gasteiger charge is 2.44. The van der Waals surface area contributed by atoms with E-state index in [-0.39, 0.29) is 11.6 Å². The Labute approximate surface area is 95.8 Å². The van der Waals surface area contributed by atoms with E-state index in [4.69, 9.17) is 16.2 Å². The monoisotopic (exact) mass is 218 g/mol. The fraction of sp³-hybridized carbons (Fsp3) is 0.538. The molecule has 0 aromatic heterocycles. The molecular weight excluding hydrogens is 200 g/mol. The van der Waals surface area contributed by atoms with E-state index in [9.17, 15) is 0 Å². The van der Waals surface area contributed by atoms with Gasteiger partial charge in [0.25, 0.3) is 0 Å². The summed E-state index contributed by atoms with van der Waals surface area (Å²) in [4.78, 5) is 0. The van der Waals surface area contributed by atoms with Gasteiger partial charge in [-0.15, -0.1) is 0 Å². The lowest BCUT2D eigenvalue weighted by Gasteiger charge is -2.23. The van der Waals surface area contributed by atoms with Gasteiger partial charge in [-0.3, -0.25) is 0 Å². The molecule has 1 unspecified atom stereocenters. The molecule has 1 aliphatic heterocycles. The molecule has 3 rings (SSSR count). The predicted molar refractivity (Wildman–Crippen MR) is 63.3 cm³/mol. The third-order valence-corrected chi connectivity index (χ3v) is 3.74. The first-order chi connectivity index (χ1) is 7.69. The van der Waals surface area contributed by atoms with Crippen LogP contribution in [0.2, 0.25) is 0 Å². The molecule has 1 aromatic rings. The number of ether oxygens (including phenoxy) is 1. The highest BCUT2D eigenvalue weighted by atomic mass is 16.5. The van der Waals surface area contributed by atoms with E-state index >= 15 is 0 Å². The van der Waals surface area contributed by atoms with Crippen molar-refractivity contribution in [1.82, 2.24) is 0 Å². The second-order valence-electron chi connectivity index (χ2n) is 5.03. The van der Waals surface area contributed by atoms with Crippen molar-refractivity contribution in [3.8, 4) is 5.75 Å². The van der Waals surface area contributed by atoms with Crippen LogP contribution in [0, 0.1) is 0 Å². The molecule has 0 radical (unpaired) electrons. The summed E-state index contributed by atoms with van der Waals surface area (Å²) in [5, 5.41) is 0. The molecule has 1 aromatic carbocycles. The maximum absolute atomic E-state index is 6.20. The van der Waals surface area contributed by atoms with Crippen LogP contribution in [0.15, 0.2) is 18.2 Å². The van der Waals surface area contributed by atoms with Crippen molar-refractivity contribution in [2.24, 2.45) is 11.5 Å². The lowest BCUT2D eigenvalue weighted by atomic mass is 9.95. The lowest BCUT2D eigenvalue weighted by Crippen LogP contribution is -2.36. The van der Waals surface area contributed by atoms with Crippen molar-refractivity contribution in [3.63, 3.8) is 0 Å². The molecule has 86 valence electrons. The summed E-state index contributed by atoms with van der Waals surface area (Å²) in [5.41, 5.74) is 14.6. The Morgan fingerprint density at radius 1 is 1.31 bits per heavy atom.